The Labute approximate surface area is 196 Å². The Morgan fingerprint density at radius 3 is 2.94 bits per heavy atom. The zero-order valence-corrected chi connectivity index (χ0v) is 19.2. The first-order chi connectivity index (χ1) is 16.1. The number of fused-ring (bicyclic) bond motifs is 1. The first kappa shape index (κ1) is 22.6. The Balaban J connectivity index is 1.37. The van der Waals surface area contributed by atoms with Crippen molar-refractivity contribution in [1.82, 2.24) is 10.2 Å². The molecular weight excluding hydrogens is 438 g/mol. The van der Waals surface area contributed by atoms with Crippen molar-refractivity contribution in [1.29, 1.82) is 5.26 Å². The Bertz CT molecular complexity index is 1180. The number of hydrogen-bond acceptors (Lipinski definition) is 6. The summed E-state index contributed by atoms with van der Waals surface area (Å²) in [5, 5.41) is 14.1. The summed E-state index contributed by atoms with van der Waals surface area (Å²) < 4.78 is 11.3. The number of nitriles is 1. The number of hydrogen-bond donors (Lipinski definition) is 1. The molecule has 8 heteroatoms. The van der Waals surface area contributed by atoms with Crippen molar-refractivity contribution in [2.75, 3.05) is 6.54 Å². The van der Waals surface area contributed by atoms with Gasteiger partial charge in [-0.05, 0) is 54.1 Å². The van der Waals surface area contributed by atoms with Gasteiger partial charge in [-0.15, -0.1) is 11.3 Å². The van der Waals surface area contributed by atoms with Gasteiger partial charge in [0, 0.05) is 18.0 Å². The summed E-state index contributed by atoms with van der Waals surface area (Å²) in [6.07, 6.45) is 2.17. The molecule has 1 aromatic carbocycles. The normalized spacial score (nSPS) is 13.6. The van der Waals surface area contributed by atoms with Crippen LogP contribution in [0.2, 0.25) is 0 Å². The van der Waals surface area contributed by atoms with Gasteiger partial charge in [0.05, 0.1) is 5.56 Å². The maximum absolute atomic E-state index is 13.1. The van der Waals surface area contributed by atoms with Crippen LogP contribution in [0, 0.1) is 11.3 Å². The van der Waals surface area contributed by atoms with Crippen molar-refractivity contribution in [3.8, 4) is 11.8 Å². The molecular formula is C25H25N3O4S. The van der Waals surface area contributed by atoms with Crippen LogP contribution >= 0.6 is 11.3 Å². The molecule has 0 radical (unpaired) electrons. The molecule has 1 unspecified atom stereocenters. The standard InChI is InChI=1S/C25H25N3O4S/c1-2-5-20(25(30)28-12-10-23-18(15-28)11-13-33-23)27-24(29)22-9-8-19(32-22)16-31-21-7-4-3-6-17(21)14-26/h3-4,6-9,11,13,20H,2,5,10,12,15-16H2,1H3,(H,27,29). The van der Waals surface area contributed by atoms with E-state index in [1.807, 2.05) is 11.8 Å². The minimum atomic E-state index is -0.602. The molecule has 1 N–H and O–H groups in total. The van der Waals surface area contributed by atoms with Gasteiger partial charge in [0.2, 0.25) is 5.91 Å². The van der Waals surface area contributed by atoms with Crippen molar-refractivity contribution in [2.24, 2.45) is 0 Å². The first-order valence-corrected chi connectivity index (χ1v) is 11.8. The second-order valence-corrected chi connectivity index (χ2v) is 8.86. The second kappa shape index (κ2) is 10.4. The average molecular weight is 464 g/mol. The predicted molar refractivity (Wildman–Crippen MR) is 124 cm³/mol. The maximum atomic E-state index is 13.1. The van der Waals surface area contributed by atoms with E-state index in [2.05, 4.69) is 22.8 Å². The van der Waals surface area contributed by atoms with Crippen LogP contribution in [0.1, 0.15) is 52.1 Å². The monoisotopic (exact) mass is 463 g/mol. The highest BCUT2D eigenvalue weighted by Gasteiger charge is 2.29. The first-order valence-electron chi connectivity index (χ1n) is 10.9. The van der Waals surface area contributed by atoms with Crippen LogP contribution in [0.5, 0.6) is 5.75 Å². The minimum absolute atomic E-state index is 0.0646. The number of carbonyl (C=O) groups excluding carboxylic acids is 2. The van der Waals surface area contributed by atoms with E-state index in [1.165, 1.54) is 10.4 Å². The lowest BCUT2D eigenvalue weighted by Crippen LogP contribution is -2.49. The summed E-state index contributed by atoms with van der Waals surface area (Å²) in [6, 6.07) is 13.7. The number of furan rings is 1. The second-order valence-electron chi connectivity index (χ2n) is 7.86. The highest BCUT2D eigenvalue weighted by Crippen LogP contribution is 2.25. The van der Waals surface area contributed by atoms with Gasteiger partial charge in [-0.25, -0.2) is 0 Å². The van der Waals surface area contributed by atoms with Gasteiger partial charge < -0.3 is 19.4 Å². The summed E-state index contributed by atoms with van der Waals surface area (Å²) in [4.78, 5) is 29.1. The molecule has 0 saturated carbocycles. The van der Waals surface area contributed by atoms with E-state index in [9.17, 15) is 9.59 Å². The molecule has 1 atom stereocenters. The zero-order chi connectivity index (χ0) is 23.2. The van der Waals surface area contributed by atoms with E-state index in [4.69, 9.17) is 14.4 Å². The third-order valence-corrected chi connectivity index (χ3v) is 6.59. The molecule has 4 rings (SSSR count). The Morgan fingerprint density at radius 2 is 2.12 bits per heavy atom. The van der Waals surface area contributed by atoms with Crippen LogP contribution in [-0.4, -0.2) is 29.3 Å². The topological polar surface area (TPSA) is 95.6 Å². The van der Waals surface area contributed by atoms with Crippen LogP contribution in [-0.2, 0) is 24.4 Å². The number of carbonyl (C=O) groups is 2. The van der Waals surface area contributed by atoms with Gasteiger partial charge >= 0.3 is 0 Å². The summed E-state index contributed by atoms with van der Waals surface area (Å²) in [5.41, 5.74) is 1.62. The number of thiophene rings is 1. The largest absolute Gasteiger partial charge is 0.484 e. The summed E-state index contributed by atoms with van der Waals surface area (Å²) in [5.74, 6) is 0.525. The molecule has 2 amide bonds. The fourth-order valence-corrected chi connectivity index (χ4v) is 4.73. The molecule has 7 nitrogen and oxygen atoms in total. The third-order valence-electron chi connectivity index (χ3n) is 5.56. The molecule has 1 aliphatic heterocycles. The van der Waals surface area contributed by atoms with Crippen LogP contribution < -0.4 is 10.1 Å². The lowest BCUT2D eigenvalue weighted by Gasteiger charge is -2.30. The van der Waals surface area contributed by atoms with Crippen LogP contribution in [0.4, 0.5) is 0 Å². The van der Waals surface area contributed by atoms with Crippen molar-refractivity contribution in [3.63, 3.8) is 0 Å². The lowest BCUT2D eigenvalue weighted by molar-refractivity contribution is -0.134. The van der Waals surface area contributed by atoms with E-state index < -0.39 is 11.9 Å². The van der Waals surface area contributed by atoms with Crippen LogP contribution in [0.15, 0.2) is 52.3 Å². The number of nitrogens with zero attached hydrogens (tertiary/aromatic N) is 2. The SMILES string of the molecule is CCCC(NC(=O)c1ccc(COc2ccccc2C#N)o1)C(=O)N1CCc2sccc2C1. The number of para-hydroxylation sites is 1. The van der Waals surface area contributed by atoms with Crippen molar-refractivity contribution in [2.45, 2.75) is 45.4 Å². The highest BCUT2D eigenvalue weighted by molar-refractivity contribution is 7.10. The van der Waals surface area contributed by atoms with Crippen molar-refractivity contribution < 1.29 is 18.7 Å². The summed E-state index contributed by atoms with van der Waals surface area (Å²) in [6.45, 7) is 3.32. The molecule has 3 aromatic rings. The molecule has 0 fully saturated rings. The molecule has 3 heterocycles. The van der Waals surface area contributed by atoms with Crippen molar-refractivity contribution in [3.05, 3.63) is 75.4 Å². The average Bonchev–Trinajstić information content (AvgIpc) is 3.51. The van der Waals surface area contributed by atoms with E-state index in [1.54, 1.807) is 47.7 Å². The summed E-state index contributed by atoms with van der Waals surface area (Å²) >= 11 is 1.73. The van der Waals surface area contributed by atoms with Gasteiger partial charge in [-0.1, -0.05) is 25.5 Å². The van der Waals surface area contributed by atoms with Crippen molar-refractivity contribution >= 4 is 23.2 Å². The quantitative estimate of drug-likeness (QED) is 0.538. The van der Waals surface area contributed by atoms with E-state index in [0.29, 0.717) is 36.6 Å². The van der Waals surface area contributed by atoms with Gasteiger partial charge in [-0.3, -0.25) is 9.59 Å². The van der Waals surface area contributed by atoms with Gasteiger partial charge in [0.1, 0.15) is 30.2 Å². The number of benzene rings is 1. The van der Waals surface area contributed by atoms with Gasteiger partial charge in [0.15, 0.2) is 5.76 Å². The number of ether oxygens (including phenoxy) is 1. The third kappa shape index (κ3) is 5.26. The van der Waals surface area contributed by atoms with Crippen LogP contribution in [0.25, 0.3) is 0 Å². The lowest BCUT2D eigenvalue weighted by atomic mass is 10.1. The smallest absolute Gasteiger partial charge is 0.287 e. The molecule has 0 bridgehead atoms. The predicted octanol–water partition coefficient (Wildman–Crippen LogP) is 4.28. The van der Waals surface area contributed by atoms with E-state index in [0.717, 1.165) is 12.8 Å². The van der Waals surface area contributed by atoms with Gasteiger partial charge in [-0.2, -0.15) is 5.26 Å². The molecule has 170 valence electrons. The van der Waals surface area contributed by atoms with E-state index in [-0.39, 0.29) is 18.3 Å². The maximum Gasteiger partial charge on any atom is 0.287 e. The summed E-state index contributed by atoms with van der Waals surface area (Å²) in [7, 11) is 0. The van der Waals surface area contributed by atoms with E-state index >= 15 is 0 Å². The van der Waals surface area contributed by atoms with Gasteiger partial charge in [0.25, 0.3) is 5.91 Å². The minimum Gasteiger partial charge on any atom is -0.484 e. The molecule has 0 aliphatic carbocycles. The fraction of sp³-hybridized carbons (Fsp3) is 0.320. The molecule has 2 aromatic heterocycles. The fourth-order valence-electron chi connectivity index (χ4n) is 3.84. The number of amides is 2. The zero-order valence-electron chi connectivity index (χ0n) is 18.4. The Hall–Kier alpha value is -3.57. The number of nitrogens with one attached hydrogen (secondary N) is 1. The Morgan fingerprint density at radius 1 is 1.27 bits per heavy atom. The Kier molecular flexibility index (Phi) is 7.10. The molecule has 0 spiro atoms. The highest BCUT2D eigenvalue weighted by atomic mass is 32.1. The number of rotatable bonds is 8. The molecule has 33 heavy (non-hydrogen) atoms. The van der Waals surface area contributed by atoms with Crippen LogP contribution in [0.3, 0.4) is 0 Å². The molecule has 1 aliphatic rings. The molecule has 0 saturated heterocycles.